The highest BCUT2D eigenvalue weighted by molar-refractivity contribution is 7.99. The van der Waals surface area contributed by atoms with E-state index in [0.29, 0.717) is 29.0 Å². The number of rotatable bonds is 7. The van der Waals surface area contributed by atoms with Crippen molar-refractivity contribution in [3.63, 3.8) is 0 Å². The SMILES string of the molecule is CCOc1ccc(-c2nnc(SCC(=O)Nc3cccc(C#N)c3)o2)cc1. The van der Waals surface area contributed by atoms with Crippen LogP contribution < -0.4 is 10.1 Å². The van der Waals surface area contributed by atoms with Crippen LogP contribution in [-0.2, 0) is 4.79 Å². The van der Waals surface area contributed by atoms with Crippen LogP contribution in [0.1, 0.15) is 12.5 Å². The fraction of sp³-hybridized carbons (Fsp3) is 0.158. The lowest BCUT2D eigenvalue weighted by Crippen LogP contribution is -2.14. The predicted molar refractivity (Wildman–Crippen MR) is 101 cm³/mol. The molecule has 136 valence electrons. The minimum atomic E-state index is -0.226. The quantitative estimate of drug-likeness (QED) is 0.623. The first kappa shape index (κ1) is 18.5. The van der Waals surface area contributed by atoms with Crippen LogP contribution in [0.3, 0.4) is 0 Å². The molecule has 1 heterocycles. The molecule has 0 atom stereocenters. The standard InChI is InChI=1S/C19H16N4O3S/c1-2-25-16-8-6-14(7-9-16)18-22-23-19(26-18)27-12-17(24)21-15-5-3-4-13(10-15)11-20/h3-10H,2,12H2,1H3,(H,21,24). The topological polar surface area (TPSA) is 101 Å². The van der Waals surface area contributed by atoms with Gasteiger partial charge in [0.2, 0.25) is 11.8 Å². The summed E-state index contributed by atoms with van der Waals surface area (Å²) in [7, 11) is 0. The lowest BCUT2D eigenvalue weighted by Gasteiger charge is -2.04. The molecule has 0 saturated heterocycles. The number of benzene rings is 2. The summed E-state index contributed by atoms with van der Waals surface area (Å²) in [6.45, 7) is 2.52. The van der Waals surface area contributed by atoms with E-state index in [9.17, 15) is 4.79 Å². The van der Waals surface area contributed by atoms with Crippen molar-refractivity contribution in [3.05, 3.63) is 54.1 Å². The van der Waals surface area contributed by atoms with Gasteiger partial charge in [0.1, 0.15) is 5.75 Å². The van der Waals surface area contributed by atoms with E-state index in [1.54, 1.807) is 24.3 Å². The van der Waals surface area contributed by atoms with Crippen molar-refractivity contribution in [1.29, 1.82) is 5.26 Å². The summed E-state index contributed by atoms with van der Waals surface area (Å²) in [6.07, 6.45) is 0. The fourth-order valence-corrected chi connectivity index (χ4v) is 2.80. The Morgan fingerprint density at radius 2 is 2.07 bits per heavy atom. The van der Waals surface area contributed by atoms with Crippen LogP contribution in [0.15, 0.2) is 58.2 Å². The zero-order chi connectivity index (χ0) is 19.1. The number of hydrogen-bond donors (Lipinski definition) is 1. The zero-order valence-corrected chi connectivity index (χ0v) is 15.3. The lowest BCUT2D eigenvalue weighted by molar-refractivity contribution is -0.113. The normalized spacial score (nSPS) is 10.2. The summed E-state index contributed by atoms with van der Waals surface area (Å²) < 4.78 is 11.0. The molecule has 8 heteroatoms. The Labute approximate surface area is 160 Å². The summed E-state index contributed by atoms with van der Waals surface area (Å²) in [6, 6.07) is 16.1. The van der Waals surface area contributed by atoms with Crippen LogP contribution in [0, 0.1) is 11.3 Å². The maximum atomic E-state index is 12.0. The summed E-state index contributed by atoms with van der Waals surface area (Å²) in [5.41, 5.74) is 1.83. The number of hydrogen-bond acceptors (Lipinski definition) is 7. The molecule has 3 rings (SSSR count). The highest BCUT2D eigenvalue weighted by Crippen LogP contribution is 2.25. The molecule has 0 spiro atoms. The van der Waals surface area contributed by atoms with E-state index < -0.39 is 0 Å². The van der Waals surface area contributed by atoms with Crippen molar-refractivity contribution in [1.82, 2.24) is 10.2 Å². The van der Waals surface area contributed by atoms with Gasteiger partial charge in [-0.15, -0.1) is 10.2 Å². The summed E-state index contributed by atoms with van der Waals surface area (Å²) in [5.74, 6) is 1.04. The van der Waals surface area contributed by atoms with Gasteiger partial charge in [0.25, 0.3) is 5.22 Å². The molecule has 0 saturated carbocycles. The second-order valence-electron chi connectivity index (χ2n) is 5.36. The Kier molecular flexibility index (Phi) is 6.07. The van der Waals surface area contributed by atoms with E-state index in [4.69, 9.17) is 14.4 Å². The zero-order valence-electron chi connectivity index (χ0n) is 14.5. The maximum absolute atomic E-state index is 12.0. The van der Waals surface area contributed by atoms with E-state index in [-0.39, 0.29) is 11.7 Å². The van der Waals surface area contributed by atoms with Gasteiger partial charge >= 0.3 is 0 Å². The van der Waals surface area contributed by atoms with E-state index in [1.807, 2.05) is 37.3 Å². The number of carbonyl (C=O) groups excluding carboxylic acids is 1. The number of nitrogens with one attached hydrogen (secondary N) is 1. The number of carbonyl (C=O) groups is 1. The first-order chi connectivity index (χ1) is 13.2. The smallest absolute Gasteiger partial charge is 0.277 e. The van der Waals surface area contributed by atoms with E-state index >= 15 is 0 Å². The molecular weight excluding hydrogens is 364 g/mol. The Morgan fingerprint density at radius 1 is 1.26 bits per heavy atom. The van der Waals surface area contributed by atoms with Crippen molar-refractivity contribution >= 4 is 23.4 Å². The third-order valence-corrected chi connectivity index (χ3v) is 4.24. The number of anilines is 1. The minimum Gasteiger partial charge on any atom is -0.494 e. The van der Waals surface area contributed by atoms with Crippen LogP contribution in [0.2, 0.25) is 0 Å². The molecule has 0 aliphatic rings. The predicted octanol–water partition coefficient (Wildman–Crippen LogP) is 3.74. The largest absolute Gasteiger partial charge is 0.494 e. The van der Waals surface area contributed by atoms with Crippen molar-refractivity contribution in [2.45, 2.75) is 12.1 Å². The van der Waals surface area contributed by atoms with Gasteiger partial charge in [0.15, 0.2) is 0 Å². The Bertz CT molecular complexity index is 964. The molecule has 0 bridgehead atoms. The average molecular weight is 380 g/mol. The van der Waals surface area contributed by atoms with Crippen molar-refractivity contribution < 1.29 is 13.9 Å². The Morgan fingerprint density at radius 3 is 2.81 bits per heavy atom. The second kappa shape index (κ2) is 8.87. The molecule has 0 unspecified atom stereocenters. The third-order valence-electron chi connectivity index (χ3n) is 3.42. The van der Waals surface area contributed by atoms with Crippen LogP contribution in [-0.4, -0.2) is 28.5 Å². The highest BCUT2D eigenvalue weighted by atomic mass is 32.2. The van der Waals surface area contributed by atoms with Crippen molar-refractivity contribution in [2.75, 3.05) is 17.7 Å². The molecule has 1 N–H and O–H groups in total. The van der Waals surface area contributed by atoms with Crippen LogP contribution in [0.5, 0.6) is 5.75 Å². The number of amides is 1. The first-order valence-electron chi connectivity index (χ1n) is 8.17. The van der Waals surface area contributed by atoms with Gasteiger partial charge in [-0.2, -0.15) is 5.26 Å². The van der Waals surface area contributed by atoms with Gasteiger partial charge in [-0.25, -0.2) is 0 Å². The minimum absolute atomic E-state index is 0.113. The molecule has 0 fully saturated rings. The molecule has 1 aromatic heterocycles. The molecular formula is C19H16N4O3S. The Balaban J connectivity index is 1.56. The fourth-order valence-electron chi connectivity index (χ4n) is 2.24. The molecule has 0 aliphatic heterocycles. The van der Waals surface area contributed by atoms with Crippen molar-refractivity contribution in [3.8, 4) is 23.3 Å². The molecule has 3 aromatic rings. The Hall–Kier alpha value is -3.31. The summed E-state index contributed by atoms with van der Waals surface area (Å²) >= 11 is 1.14. The number of thioether (sulfide) groups is 1. The first-order valence-corrected chi connectivity index (χ1v) is 9.16. The molecule has 7 nitrogen and oxygen atoms in total. The average Bonchev–Trinajstić information content (AvgIpc) is 3.16. The monoisotopic (exact) mass is 380 g/mol. The van der Waals surface area contributed by atoms with Crippen LogP contribution >= 0.6 is 11.8 Å². The molecule has 0 radical (unpaired) electrons. The van der Waals surface area contributed by atoms with Gasteiger partial charge in [-0.05, 0) is 49.4 Å². The molecule has 27 heavy (non-hydrogen) atoms. The number of nitriles is 1. The van der Waals surface area contributed by atoms with Crippen LogP contribution in [0.25, 0.3) is 11.5 Å². The van der Waals surface area contributed by atoms with Gasteiger partial charge in [-0.3, -0.25) is 4.79 Å². The maximum Gasteiger partial charge on any atom is 0.277 e. The van der Waals surface area contributed by atoms with E-state index in [0.717, 1.165) is 23.1 Å². The molecule has 1 amide bonds. The van der Waals surface area contributed by atoms with E-state index in [2.05, 4.69) is 15.5 Å². The lowest BCUT2D eigenvalue weighted by atomic mass is 10.2. The van der Waals surface area contributed by atoms with Gasteiger partial charge in [0, 0.05) is 11.3 Å². The van der Waals surface area contributed by atoms with Crippen LogP contribution in [0.4, 0.5) is 5.69 Å². The third kappa shape index (κ3) is 5.09. The number of aromatic nitrogens is 2. The van der Waals surface area contributed by atoms with Crippen molar-refractivity contribution in [2.24, 2.45) is 0 Å². The number of nitrogens with zero attached hydrogens (tertiary/aromatic N) is 3. The molecule has 0 aliphatic carbocycles. The van der Waals surface area contributed by atoms with Gasteiger partial charge < -0.3 is 14.5 Å². The van der Waals surface area contributed by atoms with Gasteiger partial charge in [0.05, 0.1) is 24.0 Å². The number of ether oxygens (including phenoxy) is 1. The second-order valence-corrected chi connectivity index (χ2v) is 6.29. The van der Waals surface area contributed by atoms with Gasteiger partial charge in [-0.1, -0.05) is 17.8 Å². The molecule has 2 aromatic carbocycles. The summed E-state index contributed by atoms with van der Waals surface area (Å²) in [5, 5.41) is 19.9. The van der Waals surface area contributed by atoms with E-state index in [1.165, 1.54) is 0 Å². The summed E-state index contributed by atoms with van der Waals surface area (Å²) in [4.78, 5) is 12.0. The highest BCUT2D eigenvalue weighted by Gasteiger charge is 2.12.